The highest BCUT2D eigenvalue weighted by molar-refractivity contribution is 9.10. The Kier molecular flexibility index (Phi) is 2.88. The van der Waals surface area contributed by atoms with E-state index < -0.39 is 0 Å². The molecule has 1 aromatic heterocycles. The summed E-state index contributed by atoms with van der Waals surface area (Å²) < 4.78 is 13.9. The molecule has 1 saturated heterocycles. The fourth-order valence-electron chi connectivity index (χ4n) is 2.30. The maximum Gasteiger partial charge on any atom is 0.139 e. The lowest BCUT2D eigenvalue weighted by Gasteiger charge is -2.20. The fourth-order valence-corrected chi connectivity index (χ4v) is 2.63. The summed E-state index contributed by atoms with van der Waals surface area (Å²) in [6.07, 6.45) is 2.30. The lowest BCUT2D eigenvalue weighted by Crippen LogP contribution is -2.28. The van der Waals surface area contributed by atoms with E-state index in [1.54, 1.807) is 6.07 Å². The average molecular weight is 298 g/mol. The van der Waals surface area contributed by atoms with Gasteiger partial charge in [-0.1, -0.05) is 0 Å². The van der Waals surface area contributed by atoms with Gasteiger partial charge in [-0.2, -0.15) is 0 Å². The van der Waals surface area contributed by atoms with Crippen LogP contribution in [-0.4, -0.2) is 23.1 Å². The van der Waals surface area contributed by atoms with Crippen molar-refractivity contribution in [1.29, 1.82) is 0 Å². The molecule has 1 fully saturated rings. The van der Waals surface area contributed by atoms with Crippen LogP contribution in [0.1, 0.15) is 24.6 Å². The maximum absolute atomic E-state index is 13.4. The summed E-state index contributed by atoms with van der Waals surface area (Å²) in [5, 5.41) is 3.36. The number of imidazole rings is 1. The van der Waals surface area contributed by atoms with Crippen molar-refractivity contribution in [1.82, 2.24) is 15.3 Å². The molecule has 0 spiro atoms. The topological polar surface area (TPSA) is 40.7 Å². The van der Waals surface area contributed by atoms with Crippen LogP contribution < -0.4 is 5.32 Å². The van der Waals surface area contributed by atoms with E-state index in [0.29, 0.717) is 10.4 Å². The molecular formula is C12H13BrFN3. The molecule has 5 heteroatoms. The van der Waals surface area contributed by atoms with Crippen molar-refractivity contribution in [2.45, 2.75) is 18.8 Å². The van der Waals surface area contributed by atoms with Gasteiger partial charge in [-0.15, -0.1) is 0 Å². The van der Waals surface area contributed by atoms with Gasteiger partial charge < -0.3 is 10.3 Å². The third-order valence-corrected chi connectivity index (χ3v) is 3.83. The number of nitrogens with zero attached hydrogens (tertiary/aromatic N) is 1. The summed E-state index contributed by atoms with van der Waals surface area (Å²) in [5.74, 6) is 1.12. The molecule has 1 unspecified atom stereocenters. The second kappa shape index (κ2) is 4.38. The molecule has 3 nitrogen and oxygen atoms in total. The van der Waals surface area contributed by atoms with E-state index in [-0.39, 0.29) is 5.82 Å². The highest BCUT2D eigenvalue weighted by Crippen LogP contribution is 2.26. The molecular weight excluding hydrogens is 285 g/mol. The van der Waals surface area contributed by atoms with Gasteiger partial charge in [0.2, 0.25) is 0 Å². The molecule has 1 aliphatic rings. The van der Waals surface area contributed by atoms with Crippen molar-refractivity contribution >= 4 is 27.0 Å². The zero-order valence-corrected chi connectivity index (χ0v) is 10.8. The summed E-state index contributed by atoms with van der Waals surface area (Å²) in [6, 6.07) is 3.22. The Morgan fingerprint density at radius 2 is 2.29 bits per heavy atom. The molecule has 0 saturated carbocycles. The van der Waals surface area contributed by atoms with E-state index in [2.05, 4.69) is 31.2 Å². The second-order valence-corrected chi connectivity index (χ2v) is 5.30. The average Bonchev–Trinajstić information content (AvgIpc) is 2.74. The number of benzene rings is 1. The Bertz CT molecular complexity index is 507. The number of rotatable bonds is 1. The van der Waals surface area contributed by atoms with Gasteiger partial charge in [-0.25, -0.2) is 9.37 Å². The van der Waals surface area contributed by atoms with Crippen molar-refractivity contribution < 1.29 is 4.39 Å². The van der Waals surface area contributed by atoms with Crippen molar-refractivity contribution in [3.63, 3.8) is 0 Å². The molecule has 0 aliphatic carbocycles. The smallest absolute Gasteiger partial charge is 0.139 e. The molecule has 0 amide bonds. The van der Waals surface area contributed by atoms with Gasteiger partial charge in [-0.3, -0.25) is 0 Å². The molecule has 17 heavy (non-hydrogen) atoms. The van der Waals surface area contributed by atoms with Crippen LogP contribution in [-0.2, 0) is 0 Å². The fraction of sp³-hybridized carbons (Fsp3) is 0.417. The number of aromatic nitrogens is 2. The summed E-state index contributed by atoms with van der Waals surface area (Å²) in [7, 11) is 0. The standard InChI is InChI=1S/C12H13BrFN3/c13-8-4-10-11(5-9(8)14)17-12(16-10)7-2-1-3-15-6-7/h4-5,7,15H,1-3,6H2,(H,16,17). The minimum absolute atomic E-state index is 0.255. The SMILES string of the molecule is Fc1cc2[nH]c(C3CCCNC3)nc2cc1Br. The zero-order valence-electron chi connectivity index (χ0n) is 9.26. The van der Waals surface area contributed by atoms with Gasteiger partial charge in [0, 0.05) is 18.5 Å². The van der Waals surface area contributed by atoms with E-state index in [1.807, 2.05) is 0 Å². The Morgan fingerprint density at radius 3 is 3.06 bits per heavy atom. The van der Waals surface area contributed by atoms with Crippen LogP contribution in [0.3, 0.4) is 0 Å². The number of aromatic amines is 1. The first kappa shape index (κ1) is 11.2. The highest BCUT2D eigenvalue weighted by Gasteiger charge is 2.19. The van der Waals surface area contributed by atoms with Crippen LogP contribution >= 0.6 is 15.9 Å². The van der Waals surface area contributed by atoms with Crippen molar-refractivity contribution in [3.8, 4) is 0 Å². The zero-order chi connectivity index (χ0) is 11.8. The normalized spacial score (nSPS) is 20.9. The number of nitrogens with one attached hydrogen (secondary N) is 2. The summed E-state index contributed by atoms with van der Waals surface area (Å²) >= 11 is 3.18. The van der Waals surface area contributed by atoms with E-state index in [9.17, 15) is 4.39 Å². The molecule has 0 radical (unpaired) electrons. The monoisotopic (exact) mass is 297 g/mol. The van der Waals surface area contributed by atoms with Gasteiger partial charge >= 0.3 is 0 Å². The van der Waals surface area contributed by atoms with Crippen LogP contribution in [0.2, 0.25) is 0 Å². The first-order valence-electron chi connectivity index (χ1n) is 5.79. The summed E-state index contributed by atoms with van der Waals surface area (Å²) in [5.41, 5.74) is 1.59. The number of halogens is 2. The third kappa shape index (κ3) is 2.09. The predicted octanol–water partition coefficient (Wildman–Crippen LogP) is 2.93. The van der Waals surface area contributed by atoms with Crippen LogP contribution in [0.25, 0.3) is 11.0 Å². The molecule has 2 heterocycles. The van der Waals surface area contributed by atoms with E-state index >= 15 is 0 Å². The van der Waals surface area contributed by atoms with Crippen LogP contribution in [0, 0.1) is 5.82 Å². The molecule has 2 aromatic rings. The van der Waals surface area contributed by atoms with E-state index in [0.717, 1.165) is 36.4 Å². The third-order valence-electron chi connectivity index (χ3n) is 3.23. The van der Waals surface area contributed by atoms with Gasteiger partial charge in [0.15, 0.2) is 0 Å². The number of H-pyrrole nitrogens is 1. The van der Waals surface area contributed by atoms with Gasteiger partial charge in [0.1, 0.15) is 11.6 Å². The molecule has 1 aliphatic heterocycles. The lowest BCUT2D eigenvalue weighted by atomic mass is 9.99. The van der Waals surface area contributed by atoms with Crippen LogP contribution in [0.15, 0.2) is 16.6 Å². The number of piperidine rings is 1. The molecule has 0 bridgehead atoms. The van der Waals surface area contributed by atoms with Crippen molar-refractivity contribution in [2.24, 2.45) is 0 Å². The van der Waals surface area contributed by atoms with Crippen LogP contribution in [0.5, 0.6) is 0 Å². The van der Waals surface area contributed by atoms with Crippen LogP contribution in [0.4, 0.5) is 4.39 Å². The number of hydrogen-bond donors (Lipinski definition) is 2. The predicted molar refractivity (Wildman–Crippen MR) is 68.6 cm³/mol. The Labute approximate surface area is 107 Å². The minimum atomic E-state index is -0.255. The Morgan fingerprint density at radius 1 is 1.41 bits per heavy atom. The van der Waals surface area contributed by atoms with Gasteiger partial charge in [-0.05, 0) is 41.4 Å². The lowest BCUT2D eigenvalue weighted by molar-refractivity contribution is 0.449. The quantitative estimate of drug-likeness (QED) is 0.850. The minimum Gasteiger partial charge on any atom is -0.342 e. The van der Waals surface area contributed by atoms with Gasteiger partial charge in [0.25, 0.3) is 0 Å². The maximum atomic E-state index is 13.4. The largest absolute Gasteiger partial charge is 0.342 e. The van der Waals surface area contributed by atoms with E-state index in [1.165, 1.54) is 12.5 Å². The number of fused-ring (bicyclic) bond motifs is 1. The highest BCUT2D eigenvalue weighted by atomic mass is 79.9. The molecule has 2 N–H and O–H groups in total. The second-order valence-electron chi connectivity index (χ2n) is 4.45. The molecule has 3 rings (SSSR count). The first-order valence-corrected chi connectivity index (χ1v) is 6.59. The first-order chi connectivity index (χ1) is 8.24. The van der Waals surface area contributed by atoms with Crippen molar-refractivity contribution in [2.75, 3.05) is 13.1 Å². The Balaban J connectivity index is 2.00. The summed E-state index contributed by atoms with van der Waals surface area (Å²) in [4.78, 5) is 7.77. The van der Waals surface area contributed by atoms with Gasteiger partial charge in [0.05, 0.1) is 15.5 Å². The van der Waals surface area contributed by atoms with Crippen molar-refractivity contribution in [3.05, 3.63) is 28.2 Å². The molecule has 1 atom stereocenters. The number of hydrogen-bond acceptors (Lipinski definition) is 2. The summed E-state index contributed by atoms with van der Waals surface area (Å²) in [6.45, 7) is 2.03. The molecule has 1 aromatic carbocycles. The molecule has 90 valence electrons. The van der Waals surface area contributed by atoms with E-state index in [4.69, 9.17) is 0 Å². The Hall–Kier alpha value is -0.940.